The number of fused-ring (bicyclic) bond motifs is 2. The van der Waals surface area contributed by atoms with Crippen molar-refractivity contribution in [3.05, 3.63) is 42.0 Å². The van der Waals surface area contributed by atoms with Crippen LogP contribution < -0.4 is 10.2 Å². The second kappa shape index (κ2) is 8.29. The maximum Gasteiger partial charge on any atom is 0.195 e. The molecule has 4 aromatic rings. The molecule has 0 radical (unpaired) electrons. The standard InChI is InChI=1S/C26H29FN6O2/c27-17-11-20(19-1-4-29-21(19)12-17)24-30-22-13-18(14-32-15-26(16-32)2-5-28-6-3-26)35-23(22)25(31-24)33-7-9-34-10-8-33/h1,4,11-13,28-29H,2-3,5-10,14-16H2. The molecule has 0 saturated carbocycles. The van der Waals surface area contributed by atoms with Gasteiger partial charge in [-0.1, -0.05) is 0 Å². The van der Waals surface area contributed by atoms with Gasteiger partial charge < -0.3 is 24.4 Å². The van der Waals surface area contributed by atoms with Crippen molar-refractivity contribution < 1.29 is 13.5 Å². The summed E-state index contributed by atoms with van der Waals surface area (Å²) in [5, 5.41) is 4.37. The van der Waals surface area contributed by atoms with Crippen LogP contribution in [0.15, 0.2) is 34.9 Å². The first-order valence-corrected chi connectivity index (χ1v) is 12.5. The van der Waals surface area contributed by atoms with E-state index in [1.165, 1.54) is 25.0 Å². The summed E-state index contributed by atoms with van der Waals surface area (Å²) in [4.78, 5) is 17.5. The SMILES string of the molecule is Fc1cc(-c2nc(N3CCOCC3)c3oc(CN4CC5(CCNCC5)C4)cc3n2)c2cc[nH]c2c1. The fraction of sp³-hybridized carbons (Fsp3) is 0.462. The topological polar surface area (TPSA) is 82.4 Å². The molecule has 0 bridgehead atoms. The van der Waals surface area contributed by atoms with Crippen molar-refractivity contribution in [3.63, 3.8) is 0 Å². The summed E-state index contributed by atoms with van der Waals surface area (Å²) in [6.07, 6.45) is 4.31. The maximum absolute atomic E-state index is 14.4. The third-order valence-corrected chi connectivity index (χ3v) is 7.75. The van der Waals surface area contributed by atoms with Crippen LogP contribution in [0.3, 0.4) is 0 Å². The van der Waals surface area contributed by atoms with Crippen LogP contribution in [0, 0.1) is 11.2 Å². The van der Waals surface area contributed by atoms with Crippen LogP contribution >= 0.6 is 0 Å². The lowest BCUT2D eigenvalue weighted by Gasteiger charge is -2.52. The monoisotopic (exact) mass is 476 g/mol. The molecule has 0 amide bonds. The number of nitrogens with one attached hydrogen (secondary N) is 2. The highest BCUT2D eigenvalue weighted by Gasteiger charge is 2.43. The quantitative estimate of drug-likeness (QED) is 0.466. The molecule has 0 unspecified atom stereocenters. The van der Waals surface area contributed by atoms with Crippen LogP contribution in [0.5, 0.6) is 0 Å². The Balaban J connectivity index is 1.26. The van der Waals surface area contributed by atoms with Gasteiger partial charge in [-0.25, -0.2) is 14.4 Å². The first-order chi connectivity index (χ1) is 17.2. The van der Waals surface area contributed by atoms with E-state index in [0.717, 1.165) is 73.8 Å². The number of aromatic amines is 1. The molecule has 1 aromatic carbocycles. The number of aromatic nitrogens is 3. The lowest BCUT2D eigenvalue weighted by molar-refractivity contribution is -0.0314. The van der Waals surface area contributed by atoms with Crippen LogP contribution in [0.4, 0.5) is 10.2 Å². The minimum Gasteiger partial charge on any atom is -0.454 e. The predicted octanol–water partition coefficient (Wildman–Crippen LogP) is 3.53. The van der Waals surface area contributed by atoms with Gasteiger partial charge in [0.15, 0.2) is 17.2 Å². The molecule has 0 aliphatic carbocycles. The number of morpholine rings is 1. The highest BCUT2D eigenvalue weighted by Crippen LogP contribution is 2.40. The number of piperidine rings is 1. The van der Waals surface area contributed by atoms with Crippen molar-refractivity contribution in [1.29, 1.82) is 0 Å². The van der Waals surface area contributed by atoms with Crippen molar-refractivity contribution in [1.82, 2.24) is 25.2 Å². The van der Waals surface area contributed by atoms with Crippen molar-refractivity contribution in [2.24, 2.45) is 5.41 Å². The number of anilines is 1. The zero-order chi connectivity index (χ0) is 23.4. The van der Waals surface area contributed by atoms with Gasteiger partial charge in [0.1, 0.15) is 17.1 Å². The van der Waals surface area contributed by atoms with Crippen LogP contribution in [0.2, 0.25) is 0 Å². The molecule has 6 heterocycles. The number of rotatable bonds is 4. The smallest absolute Gasteiger partial charge is 0.195 e. The van der Waals surface area contributed by atoms with Gasteiger partial charge in [-0.15, -0.1) is 0 Å². The van der Waals surface area contributed by atoms with Crippen LogP contribution in [-0.4, -0.2) is 72.3 Å². The summed E-state index contributed by atoms with van der Waals surface area (Å²) in [5.74, 6) is 1.85. The fourth-order valence-corrected chi connectivity index (χ4v) is 5.98. The highest BCUT2D eigenvalue weighted by molar-refractivity contribution is 5.95. The van der Waals surface area contributed by atoms with Gasteiger partial charge in [0, 0.05) is 54.9 Å². The van der Waals surface area contributed by atoms with Gasteiger partial charge in [0.2, 0.25) is 0 Å². The lowest BCUT2D eigenvalue weighted by Crippen LogP contribution is -2.59. The first kappa shape index (κ1) is 21.3. The summed E-state index contributed by atoms with van der Waals surface area (Å²) >= 11 is 0. The molecule has 7 rings (SSSR count). The molecule has 8 nitrogen and oxygen atoms in total. The summed E-state index contributed by atoms with van der Waals surface area (Å²) in [6, 6.07) is 6.98. The van der Waals surface area contributed by atoms with Gasteiger partial charge in [-0.3, -0.25) is 4.90 Å². The maximum atomic E-state index is 14.4. The molecule has 3 aromatic heterocycles. The van der Waals surface area contributed by atoms with Crippen molar-refractivity contribution in [3.8, 4) is 11.4 Å². The average Bonchev–Trinajstić information content (AvgIpc) is 3.49. The van der Waals surface area contributed by atoms with Crippen LogP contribution in [0.25, 0.3) is 33.4 Å². The van der Waals surface area contributed by atoms with Gasteiger partial charge in [-0.05, 0) is 49.5 Å². The van der Waals surface area contributed by atoms with E-state index in [0.29, 0.717) is 35.6 Å². The Hall–Kier alpha value is -3.01. The van der Waals surface area contributed by atoms with E-state index in [2.05, 4.69) is 20.1 Å². The summed E-state index contributed by atoms with van der Waals surface area (Å²) in [5.41, 5.74) is 3.34. The highest BCUT2D eigenvalue weighted by atomic mass is 19.1. The van der Waals surface area contributed by atoms with E-state index in [1.807, 2.05) is 18.3 Å². The molecule has 35 heavy (non-hydrogen) atoms. The number of halogens is 1. The number of likely N-dealkylation sites (tertiary alicyclic amines) is 1. The van der Waals surface area contributed by atoms with Gasteiger partial charge in [0.05, 0.1) is 19.8 Å². The number of H-pyrrole nitrogens is 1. The van der Waals surface area contributed by atoms with Crippen LogP contribution in [-0.2, 0) is 11.3 Å². The molecular weight excluding hydrogens is 447 g/mol. The van der Waals surface area contributed by atoms with E-state index < -0.39 is 0 Å². The Bertz CT molecular complexity index is 1380. The van der Waals surface area contributed by atoms with Crippen molar-refractivity contribution in [2.75, 3.05) is 57.4 Å². The zero-order valence-corrected chi connectivity index (χ0v) is 19.6. The number of hydrogen-bond acceptors (Lipinski definition) is 7. The molecule has 1 spiro atoms. The van der Waals surface area contributed by atoms with Gasteiger partial charge >= 0.3 is 0 Å². The number of furan rings is 1. The third kappa shape index (κ3) is 3.78. The largest absolute Gasteiger partial charge is 0.454 e. The normalized spacial score (nSPS) is 20.7. The Kier molecular flexibility index (Phi) is 5.04. The Labute approximate surface area is 202 Å². The molecule has 0 atom stereocenters. The second-order valence-corrected chi connectivity index (χ2v) is 10.2. The molecule has 3 fully saturated rings. The molecule has 182 valence electrons. The molecule has 3 aliphatic rings. The molecule has 9 heteroatoms. The summed E-state index contributed by atoms with van der Waals surface area (Å²) in [7, 11) is 0. The molecule has 3 aliphatic heterocycles. The molecule has 3 saturated heterocycles. The zero-order valence-electron chi connectivity index (χ0n) is 19.6. The summed E-state index contributed by atoms with van der Waals surface area (Å²) in [6.45, 7) is 7.98. The first-order valence-electron chi connectivity index (χ1n) is 12.5. The third-order valence-electron chi connectivity index (χ3n) is 7.75. The van der Waals surface area contributed by atoms with E-state index in [-0.39, 0.29) is 5.82 Å². The van der Waals surface area contributed by atoms with E-state index >= 15 is 0 Å². The van der Waals surface area contributed by atoms with Crippen molar-refractivity contribution in [2.45, 2.75) is 19.4 Å². The Morgan fingerprint density at radius 1 is 1.06 bits per heavy atom. The second-order valence-electron chi connectivity index (χ2n) is 10.2. The minimum atomic E-state index is -0.316. The number of benzene rings is 1. The predicted molar refractivity (Wildman–Crippen MR) is 132 cm³/mol. The Morgan fingerprint density at radius 3 is 2.71 bits per heavy atom. The number of ether oxygens (including phenoxy) is 1. The Morgan fingerprint density at radius 2 is 1.89 bits per heavy atom. The number of hydrogen-bond donors (Lipinski definition) is 2. The number of nitrogens with zero attached hydrogens (tertiary/aromatic N) is 4. The summed E-state index contributed by atoms with van der Waals surface area (Å²) < 4.78 is 26.4. The van der Waals surface area contributed by atoms with E-state index in [1.54, 1.807) is 0 Å². The van der Waals surface area contributed by atoms with Gasteiger partial charge in [-0.2, -0.15) is 0 Å². The molecule has 2 N–H and O–H groups in total. The van der Waals surface area contributed by atoms with E-state index in [4.69, 9.17) is 19.1 Å². The van der Waals surface area contributed by atoms with Gasteiger partial charge in [0.25, 0.3) is 0 Å². The van der Waals surface area contributed by atoms with Crippen molar-refractivity contribution >= 4 is 27.8 Å². The lowest BCUT2D eigenvalue weighted by atomic mass is 9.72. The minimum absolute atomic E-state index is 0.316. The average molecular weight is 477 g/mol. The fourth-order valence-electron chi connectivity index (χ4n) is 5.98. The van der Waals surface area contributed by atoms with E-state index in [9.17, 15) is 4.39 Å². The molecular formula is C26H29FN6O2. The van der Waals surface area contributed by atoms with Crippen LogP contribution in [0.1, 0.15) is 18.6 Å².